The standard InChI is InChI=1S/C18H17NO2S2/c1-2-21-17(20)16(18(22)23)19-15(13-9-5-3-6-10-13)14-11-7-4-8-12-14/h3-12,22-23H,2H2,1H3. The minimum Gasteiger partial charge on any atom is -0.461 e. The van der Waals surface area contributed by atoms with Gasteiger partial charge in [-0.1, -0.05) is 60.7 Å². The normalized spacial score (nSPS) is 9.87. The first kappa shape index (κ1) is 17.4. The van der Waals surface area contributed by atoms with Crippen molar-refractivity contribution >= 4 is 36.9 Å². The summed E-state index contributed by atoms with van der Waals surface area (Å²) in [6, 6.07) is 19.3. The maximum Gasteiger partial charge on any atom is 0.358 e. The highest BCUT2D eigenvalue weighted by atomic mass is 32.2. The van der Waals surface area contributed by atoms with Gasteiger partial charge in [0.15, 0.2) is 5.70 Å². The molecule has 118 valence electrons. The molecule has 0 unspecified atom stereocenters. The Morgan fingerprint density at radius 3 is 1.83 bits per heavy atom. The van der Waals surface area contributed by atoms with Gasteiger partial charge in [-0.15, -0.1) is 25.3 Å². The molecule has 23 heavy (non-hydrogen) atoms. The lowest BCUT2D eigenvalue weighted by Crippen LogP contribution is -2.11. The smallest absolute Gasteiger partial charge is 0.358 e. The fraction of sp³-hybridized carbons (Fsp3) is 0.111. The van der Waals surface area contributed by atoms with Crippen LogP contribution in [-0.2, 0) is 9.53 Å². The molecule has 0 aliphatic carbocycles. The van der Waals surface area contributed by atoms with Gasteiger partial charge in [0.25, 0.3) is 0 Å². The van der Waals surface area contributed by atoms with Gasteiger partial charge in [-0.2, -0.15) is 0 Å². The number of rotatable bonds is 5. The van der Waals surface area contributed by atoms with Crippen LogP contribution in [0.3, 0.4) is 0 Å². The Hall–Kier alpha value is -1.98. The highest BCUT2D eigenvalue weighted by molar-refractivity contribution is 8.05. The fourth-order valence-corrected chi connectivity index (χ4v) is 2.27. The molecule has 0 aromatic heterocycles. The Labute approximate surface area is 146 Å². The summed E-state index contributed by atoms with van der Waals surface area (Å²) >= 11 is 8.32. The molecule has 0 radical (unpaired) electrons. The van der Waals surface area contributed by atoms with Crippen molar-refractivity contribution in [1.82, 2.24) is 0 Å². The Bertz CT molecular complexity index is 680. The first-order valence-electron chi connectivity index (χ1n) is 7.12. The second-order valence-corrected chi connectivity index (χ2v) is 5.83. The zero-order valence-electron chi connectivity index (χ0n) is 12.6. The van der Waals surface area contributed by atoms with Crippen molar-refractivity contribution in [3.05, 3.63) is 81.7 Å². The summed E-state index contributed by atoms with van der Waals surface area (Å²) in [5.74, 6) is -0.545. The zero-order valence-corrected chi connectivity index (χ0v) is 14.4. The lowest BCUT2D eigenvalue weighted by molar-refractivity contribution is -0.138. The highest BCUT2D eigenvalue weighted by Gasteiger charge is 2.16. The van der Waals surface area contributed by atoms with Crippen LogP contribution >= 0.6 is 25.3 Å². The molecule has 0 fully saturated rings. The summed E-state index contributed by atoms with van der Waals surface area (Å²) in [6.45, 7) is 2.00. The molecule has 0 aliphatic heterocycles. The minimum atomic E-state index is -0.545. The molecule has 0 heterocycles. The van der Waals surface area contributed by atoms with Gasteiger partial charge in [0.05, 0.1) is 16.6 Å². The molecule has 2 aromatic carbocycles. The van der Waals surface area contributed by atoms with E-state index in [0.717, 1.165) is 11.1 Å². The van der Waals surface area contributed by atoms with Gasteiger partial charge in [-0.25, -0.2) is 9.79 Å². The van der Waals surface area contributed by atoms with Crippen molar-refractivity contribution in [2.24, 2.45) is 4.99 Å². The Balaban J connectivity index is 2.57. The van der Waals surface area contributed by atoms with E-state index in [4.69, 9.17) is 4.74 Å². The second kappa shape index (κ2) is 8.60. The van der Waals surface area contributed by atoms with Crippen LogP contribution in [0.2, 0.25) is 0 Å². The van der Waals surface area contributed by atoms with Crippen LogP contribution < -0.4 is 0 Å². The average Bonchev–Trinajstić information content (AvgIpc) is 2.57. The zero-order chi connectivity index (χ0) is 16.7. The van der Waals surface area contributed by atoms with Crippen LogP contribution in [0.5, 0.6) is 0 Å². The SMILES string of the molecule is CCOC(=O)C(N=C(c1ccccc1)c1ccccc1)=C(S)S. The Morgan fingerprint density at radius 2 is 1.43 bits per heavy atom. The van der Waals surface area contributed by atoms with Crippen LogP contribution in [0, 0.1) is 0 Å². The van der Waals surface area contributed by atoms with Gasteiger partial charge in [-0.3, -0.25) is 0 Å². The van der Waals surface area contributed by atoms with Crippen LogP contribution in [0.4, 0.5) is 0 Å². The van der Waals surface area contributed by atoms with Crippen LogP contribution in [0.1, 0.15) is 18.1 Å². The molecule has 5 heteroatoms. The van der Waals surface area contributed by atoms with Crippen molar-refractivity contribution < 1.29 is 9.53 Å². The number of esters is 1. The van der Waals surface area contributed by atoms with E-state index in [1.165, 1.54) is 0 Å². The van der Waals surface area contributed by atoms with Crippen LogP contribution in [0.25, 0.3) is 0 Å². The molecule has 0 N–H and O–H groups in total. The molecular formula is C18H17NO2S2. The molecule has 0 saturated carbocycles. The van der Waals surface area contributed by atoms with E-state index in [2.05, 4.69) is 30.2 Å². The monoisotopic (exact) mass is 343 g/mol. The lowest BCUT2D eigenvalue weighted by Gasteiger charge is -2.10. The maximum absolute atomic E-state index is 12.1. The van der Waals surface area contributed by atoms with Crippen molar-refractivity contribution in [3.8, 4) is 0 Å². The number of hydrogen-bond donors (Lipinski definition) is 2. The Morgan fingerprint density at radius 1 is 0.957 bits per heavy atom. The van der Waals surface area contributed by atoms with Crippen molar-refractivity contribution in [3.63, 3.8) is 0 Å². The van der Waals surface area contributed by atoms with Gasteiger partial charge < -0.3 is 4.74 Å². The predicted molar refractivity (Wildman–Crippen MR) is 100 cm³/mol. The van der Waals surface area contributed by atoms with E-state index in [9.17, 15) is 4.79 Å². The van der Waals surface area contributed by atoms with Crippen molar-refractivity contribution in [1.29, 1.82) is 0 Å². The minimum absolute atomic E-state index is 0.0845. The summed E-state index contributed by atoms with van der Waals surface area (Å²) in [7, 11) is 0. The number of carbonyl (C=O) groups excluding carboxylic acids is 1. The lowest BCUT2D eigenvalue weighted by atomic mass is 10.0. The summed E-state index contributed by atoms with van der Waals surface area (Å²) < 4.78 is 5.25. The number of ether oxygens (including phenoxy) is 1. The van der Waals surface area contributed by atoms with Gasteiger partial charge >= 0.3 is 5.97 Å². The summed E-state index contributed by atoms with van der Waals surface area (Å²) in [5.41, 5.74) is 2.53. The summed E-state index contributed by atoms with van der Waals surface area (Å²) in [5, 5.41) is 0. The molecule has 0 atom stereocenters. The van der Waals surface area contributed by atoms with Gasteiger partial charge in [-0.05, 0) is 6.92 Å². The summed E-state index contributed by atoms with van der Waals surface area (Å²) in [6.07, 6.45) is 0. The van der Waals surface area contributed by atoms with E-state index in [0.29, 0.717) is 5.71 Å². The third-order valence-corrected chi connectivity index (χ3v) is 3.42. The molecule has 2 rings (SSSR count). The molecule has 0 aliphatic rings. The first-order valence-corrected chi connectivity index (χ1v) is 8.01. The van der Waals surface area contributed by atoms with E-state index in [1.54, 1.807) is 6.92 Å². The number of carbonyl (C=O) groups is 1. The van der Waals surface area contributed by atoms with E-state index in [1.807, 2.05) is 60.7 Å². The molecule has 0 amide bonds. The molecule has 3 nitrogen and oxygen atoms in total. The van der Waals surface area contributed by atoms with Crippen molar-refractivity contribution in [2.45, 2.75) is 6.92 Å². The molecule has 2 aromatic rings. The highest BCUT2D eigenvalue weighted by Crippen LogP contribution is 2.20. The number of nitrogens with zero attached hydrogens (tertiary/aromatic N) is 1. The number of benzene rings is 2. The molecule has 0 saturated heterocycles. The topological polar surface area (TPSA) is 38.7 Å². The molecular weight excluding hydrogens is 326 g/mol. The van der Waals surface area contributed by atoms with Crippen LogP contribution in [0.15, 0.2) is 75.6 Å². The quantitative estimate of drug-likeness (QED) is 0.371. The number of thiol groups is 2. The van der Waals surface area contributed by atoms with Gasteiger partial charge in [0.1, 0.15) is 0 Å². The second-order valence-electron chi connectivity index (χ2n) is 4.59. The number of aliphatic imine (C=N–C) groups is 1. The van der Waals surface area contributed by atoms with E-state index in [-0.39, 0.29) is 16.5 Å². The third kappa shape index (κ3) is 4.74. The third-order valence-electron chi connectivity index (χ3n) is 3.00. The fourth-order valence-electron chi connectivity index (χ4n) is 1.99. The van der Waals surface area contributed by atoms with Gasteiger partial charge in [0, 0.05) is 11.1 Å². The number of hydrogen-bond acceptors (Lipinski definition) is 5. The maximum atomic E-state index is 12.1. The summed E-state index contributed by atoms with van der Waals surface area (Å²) in [4.78, 5) is 16.6. The Kier molecular flexibility index (Phi) is 6.50. The van der Waals surface area contributed by atoms with Crippen molar-refractivity contribution in [2.75, 3.05) is 6.61 Å². The molecule has 0 bridgehead atoms. The van der Waals surface area contributed by atoms with E-state index < -0.39 is 5.97 Å². The largest absolute Gasteiger partial charge is 0.461 e. The predicted octanol–water partition coefficient (Wildman–Crippen LogP) is 4.12. The van der Waals surface area contributed by atoms with E-state index >= 15 is 0 Å². The first-order chi connectivity index (χ1) is 11.1. The average molecular weight is 343 g/mol. The molecule has 0 spiro atoms. The van der Waals surface area contributed by atoms with Gasteiger partial charge in [0.2, 0.25) is 0 Å². The van der Waals surface area contributed by atoms with Crippen LogP contribution in [-0.4, -0.2) is 18.3 Å².